The summed E-state index contributed by atoms with van der Waals surface area (Å²) in [6.45, 7) is 7.51. The van der Waals surface area contributed by atoms with E-state index in [2.05, 4.69) is 24.1 Å². The molecule has 1 aromatic heterocycles. The lowest BCUT2D eigenvalue weighted by atomic mass is 10.1. The van der Waals surface area contributed by atoms with Crippen molar-refractivity contribution in [1.82, 2.24) is 19.6 Å². The fraction of sp³-hybridized carbons (Fsp3) is 0.722. The van der Waals surface area contributed by atoms with E-state index >= 15 is 0 Å². The Labute approximate surface area is 144 Å². The summed E-state index contributed by atoms with van der Waals surface area (Å²) < 4.78 is 1.80. The minimum Gasteiger partial charge on any atom is -0.343 e. The average molecular weight is 334 g/mol. The Balaban J connectivity index is 1.94. The Hall–Kier alpha value is -1.69. The number of ketones is 1. The van der Waals surface area contributed by atoms with Gasteiger partial charge in [-0.25, -0.2) is 0 Å². The second-order valence-electron chi connectivity index (χ2n) is 7.00. The minimum absolute atomic E-state index is 0.0322. The first-order chi connectivity index (χ1) is 11.3. The van der Waals surface area contributed by atoms with Crippen molar-refractivity contribution in [3.8, 4) is 0 Å². The van der Waals surface area contributed by atoms with Crippen LogP contribution in [0.15, 0.2) is 0 Å². The molecule has 1 aromatic rings. The average Bonchev–Trinajstić information content (AvgIpc) is 2.68. The van der Waals surface area contributed by atoms with E-state index in [4.69, 9.17) is 0 Å². The van der Waals surface area contributed by atoms with Crippen molar-refractivity contribution < 1.29 is 9.59 Å². The van der Waals surface area contributed by atoms with Crippen LogP contribution in [0, 0.1) is 13.8 Å². The second kappa shape index (κ2) is 7.92. The summed E-state index contributed by atoms with van der Waals surface area (Å²) in [5.74, 6) is 0.219. The quantitative estimate of drug-likeness (QED) is 0.773. The number of amides is 1. The predicted octanol–water partition coefficient (Wildman–Crippen LogP) is 2.04. The molecular formula is C18H30N4O2. The molecule has 1 fully saturated rings. The lowest BCUT2D eigenvalue weighted by Gasteiger charge is -2.23. The molecule has 6 nitrogen and oxygen atoms in total. The highest BCUT2D eigenvalue weighted by molar-refractivity contribution is 5.96. The van der Waals surface area contributed by atoms with Crippen molar-refractivity contribution in [2.75, 3.05) is 27.2 Å². The third-order valence-corrected chi connectivity index (χ3v) is 5.05. The van der Waals surface area contributed by atoms with Gasteiger partial charge in [0.2, 0.25) is 5.91 Å². The number of aryl methyl sites for hydroxylation is 2. The summed E-state index contributed by atoms with van der Waals surface area (Å²) in [7, 11) is 4.22. The Bertz CT molecular complexity index is 606. The highest BCUT2D eigenvalue weighted by atomic mass is 16.2. The number of rotatable bonds is 5. The van der Waals surface area contributed by atoms with Crippen LogP contribution in [0.4, 0.5) is 0 Å². The number of Topliss-reactive ketones (excluding diaryl/α,β-unsaturated/α-hetero) is 1. The summed E-state index contributed by atoms with van der Waals surface area (Å²) >= 11 is 0. The molecule has 0 N–H and O–H groups in total. The molecule has 1 aliphatic heterocycles. The Morgan fingerprint density at radius 2 is 1.92 bits per heavy atom. The van der Waals surface area contributed by atoms with Gasteiger partial charge in [0.25, 0.3) is 0 Å². The number of hydrogen-bond acceptors (Lipinski definition) is 4. The largest absolute Gasteiger partial charge is 0.343 e. The van der Waals surface area contributed by atoms with E-state index in [0.29, 0.717) is 24.6 Å². The number of carbonyl (C=O) groups excluding carboxylic acids is 2. The number of carbonyl (C=O) groups is 2. The first kappa shape index (κ1) is 18.6. The molecule has 1 atom stereocenters. The summed E-state index contributed by atoms with van der Waals surface area (Å²) in [5.41, 5.74) is 2.29. The minimum atomic E-state index is 0.0322. The molecule has 1 amide bonds. The highest BCUT2D eigenvalue weighted by Crippen LogP contribution is 2.17. The molecule has 0 spiro atoms. The van der Waals surface area contributed by atoms with Gasteiger partial charge >= 0.3 is 0 Å². The third-order valence-electron chi connectivity index (χ3n) is 5.05. The Morgan fingerprint density at radius 1 is 1.21 bits per heavy atom. The van der Waals surface area contributed by atoms with Crippen LogP contribution in [0.5, 0.6) is 0 Å². The van der Waals surface area contributed by atoms with Crippen LogP contribution in [0.25, 0.3) is 0 Å². The van der Waals surface area contributed by atoms with Crippen molar-refractivity contribution in [2.45, 2.75) is 59.0 Å². The number of nitrogens with zero attached hydrogens (tertiary/aromatic N) is 4. The maximum absolute atomic E-state index is 12.5. The van der Waals surface area contributed by atoms with Crippen LogP contribution in [0.1, 0.15) is 54.4 Å². The van der Waals surface area contributed by atoms with Crippen molar-refractivity contribution in [1.29, 1.82) is 0 Å². The van der Waals surface area contributed by atoms with Gasteiger partial charge in [-0.3, -0.25) is 14.3 Å². The van der Waals surface area contributed by atoms with E-state index in [1.54, 1.807) is 11.6 Å². The molecule has 24 heavy (non-hydrogen) atoms. The van der Waals surface area contributed by atoms with Crippen molar-refractivity contribution in [2.24, 2.45) is 0 Å². The zero-order valence-electron chi connectivity index (χ0n) is 15.6. The van der Waals surface area contributed by atoms with Crippen LogP contribution in [0.3, 0.4) is 0 Å². The molecule has 0 saturated carbocycles. The van der Waals surface area contributed by atoms with E-state index < -0.39 is 0 Å². The zero-order chi connectivity index (χ0) is 17.9. The fourth-order valence-electron chi connectivity index (χ4n) is 3.63. The van der Waals surface area contributed by atoms with Crippen molar-refractivity contribution >= 4 is 11.7 Å². The molecule has 0 aromatic carbocycles. The number of hydrogen-bond donors (Lipinski definition) is 0. The lowest BCUT2D eigenvalue weighted by molar-refractivity contribution is -0.131. The van der Waals surface area contributed by atoms with Gasteiger partial charge in [-0.05, 0) is 54.1 Å². The van der Waals surface area contributed by atoms with Crippen LogP contribution in [0.2, 0.25) is 0 Å². The number of aromatic nitrogens is 2. The maximum Gasteiger partial charge on any atom is 0.224 e. The van der Waals surface area contributed by atoms with Gasteiger partial charge in [-0.2, -0.15) is 5.10 Å². The van der Waals surface area contributed by atoms with Gasteiger partial charge in [0, 0.05) is 37.8 Å². The summed E-state index contributed by atoms with van der Waals surface area (Å²) in [6.07, 6.45) is 3.68. The normalized spacial score (nSPS) is 18.8. The van der Waals surface area contributed by atoms with E-state index in [1.807, 2.05) is 18.7 Å². The van der Waals surface area contributed by atoms with Gasteiger partial charge in [0.1, 0.15) is 0 Å². The SMILES string of the molecule is CC(=O)c1c(C)nn(CCC(=O)N2CCC[C@@H](N(C)C)CC2)c1C. The topological polar surface area (TPSA) is 58.4 Å². The smallest absolute Gasteiger partial charge is 0.224 e. The zero-order valence-corrected chi connectivity index (χ0v) is 15.6. The molecule has 1 aliphatic rings. The molecule has 2 rings (SSSR count). The summed E-state index contributed by atoms with van der Waals surface area (Å²) in [6, 6.07) is 0.567. The molecule has 1 saturated heterocycles. The van der Waals surface area contributed by atoms with E-state index in [1.165, 1.54) is 0 Å². The molecule has 6 heteroatoms. The van der Waals surface area contributed by atoms with E-state index in [9.17, 15) is 9.59 Å². The van der Waals surface area contributed by atoms with Crippen molar-refractivity contribution in [3.05, 3.63) is 17.0 Å². The Kier molecular flexibility index (Phi) is 6.15. The van der Waals surface area contributed by atoms with Crippen molar-refractivity contribution in [3.63, 3.8) is 0 Å². The molecule has 2 heterocycles. The third kappa shape index (κ3) is 4.23. The van der Waals surface area contributed by atoms with Gasteiger partial charge < -0.3 is 9.80 Å². The summed E-state index contributed by atoms with van der Waals surface area (Å²) in [4.78, 5) is 28.5. The highest BCUT2D eigenvalue weighted by Gasteiger charge is 2.22. The van der Waals surface area contributed by atoms with Gasteiger partial charge in [-0.1, -0.05) is 0 Å². The molecule has 134 valence electrons. The van der Waals surface area contributed by atoms with Gasteiger partial charge in [-0.15, -0.1) is 0 Å². The van der Waals surface area contributed by atoms with E-state index in [0.717, 1.165) is 43.7 Å². The Morgan fingerprint density at radius 3 is 2.50 bits per heavy atom. The van der Waals surface area contributed by atoms with Gasteiger partial charge in [0.05, 0.1) is 11.3 Å². The summed E-state index contributed by atoms with van der Waals surface area (Å²) in [5, 5.41) is 4.42. The second-order valence-corrected chi connectivity index (χ2v) is 7.00. The molecule has 0 bridgehead atoms. The predicted molar refractivity (Wildman–Crippen MR) is 94.2 cm³/mol. The lowest BCUT2D eigenvalue weighted by Crippen LogP contribution is -2.34. The van der Waals surface area contributed by atoms with E-state index in [-0.39, 0.29) is 11.7 Å². The van der Waals surface area contributed by atoms with Gasteiger partial charge in [0.15, 0.2) is 5.78 Å². The molecular weight excluding hydrogens is 304 g/mol. The van der Waals surface area contributed by atoms with Crippen LogP contribution in [-0.2, 0) is 11.3 Å². The first-order valence-electron chi connectivity index (χ1n) is 8.80. The first-order valence-corrected chi connectivity index (χ1v) is 8.80. The maximum atomic E-state index is 12.5. The van der Waals surface area contributed by atoms with Crippen LogP contribution >= 0.6 is 0 Å². The molecule has 0 radical (unpaired) electrons. The standard InChI is InChI=1S/C18H30N4O2/c1-13-18(15(3)23)14(2)22(19-13)12-9-17(24)21-10-6-7-16(8-11-21)20(4)5/h16H,6-12H2,1-5H3/t16-/m1/s1. The monoisotopic (exact) mass is 334 g/mol. The van der Waals surface area contributed by atoms with Crippen LogP contribution < -0.4 is 0 Å². The van der Waals surface area contributed by atoms with Crippen LogP contribution in [-0.4, -0.2) is 64.5 Å². The fourth-order valence-corrected chi connectivity index (χ4v) is 3.63. The molecule has 0 unspecified atom stereocenters. The number of likely N-dealkylation sites (tertiary alicyclic amines) is 1. The molecule has 0 aliphatic carbocycles.